The summed E-state index contributed by atoms with van der Waals surface area (Å²) in [4.78, 5) is 4.37. The first-order valence-corrected chi connectivity index (χ1v) is 6.58. The van der Waals surface area contributed by atoms with Crippen LogP contribution in [0.25, 0.3) is 5.65 Å². The van der Waals surface area contributed by atoms with Crippen LogP contribution in [0, 0.1) is 12.3 Å². The first-order chi connectivity index (χ1) is 8.83. The van der Waals surface area contributed by atoms with Crippen molar-refractivity contribution < 1.29 is 5.11 Å². The molecule has 104 valence electrons. The zero-order valence-electron chi connectivity index (χ0n) is 12.0. The van der Waals surface area contributed by atoms with E-state index in [-0.39, 0.29) is 5.41 Å². The lowest BCUT2D eigenvalue weighted by atomic mass is 9.89. The summed E-state index contributed by atoms with van der Waals surface area (Å²) in [6, 6.07) is 3.96. The van der Waals surface area contributed by atoms with Gasteiger partial charge in [0.25, 0.3) is 0 Å². The van der Waals surface area contributed by atoms with Crippen LogP contribution in [0.2, 0.25) is 0 Å². The highest BCUT2D eigenvalue weighted by Gasteiger charge is 2.16. The number of rotatable bonds is 4. The fraction of sp³-hybridized carbons (Fsp3) is 0.571. The molecule has 2 N–H and O–H groups in total. The molecule has 0 saturated heterocycles. The van der Waals surface area contributed by atoms with E-state index in [0.29, 0.717) is 12.5 Å². The van der Waals surface area contributed by atoms with Gasteiger partial charge in [-0.1, -0.05) is 20.8 Å². The number of hydrogen-bond acceptors (Lipinski definition) is 4. The van der Waals surface area contributed by atoms with E-state index in [4.69, 9.17) is 0 Å². The van der Waals surface area contributed by atoms with Gasteiger partial charge in [-0.05, 0) is 36.5 Å². The van der Waals surface area contributed by atoms with Crippen molar-refractivity contribution in [2.24, 2.45) is 5.41 Å². The van der Waals surface area contributed by atoms with Crippen LogP contribution in [0.3, 0.4) is 0 Å². The third-order valence-electron chi connectivity index (χ3n) is 2.84. The zero-order valence-corrected chi connectivity index (χ0v) is 12.0. The van der Waals surface area contributed by atoms with Crippen LogP contribution in [0.5, 0.6) is 0 Å². The second kappa shape index (κ2) is 5.17. The number of pyridine rings is 1. The standard InChI is InChI=1S/C14H22N4O/c1-10-5-6-18-12(7-10)16-13(17-18)15-9-11(19)8-14(2,3)4/h5-7,11,19H,8-9H2,1-4H3,(H,15,17). The summed E-state index contributed by atoms with van der Waals surface area (Å²) in [5.41, 5.74) is 2.08. The highest BCUT2D eigenvalue weighted by atomic mass is 16.3. The molecule has 2 heterocycles. The highest BCUT2D eigenvalue weighted by molar-refractivity contribution is 5.45. The molecule has 1 atom stereocenters. The van der Waals surface area contributed by atoms with Gasteiger partial charge in [-0.25, -0.2) is 4.52 Å². The predicted octanol–water partition coefficient (Wildman–Crippen LogP) is 2.25. The third kappa shape index (κ3) is 3.92. The van der Waals surface area contributed by atoms with Crippen LogP contribution in [-0.2, 0) is 0 Å². The minimum atomic E-state index is -0.395. The Balaban J connectivity index is 1.98. The Morgan fingerprint density at radius 3 is 2.84 bits per heavy atom. The lowest BCUT2D eigenvalue weighted by molar-refractivity contribution is 0.132. The molecule has 0 aliphatic rings. The van der Waals surface area contributed by atoms with E-state index in [1.807, 2.05) is 25.3 Å². The van der Waals surface area contributed by atoms with Crippen molar-refractivity contribution in [2.75, 3.05) is 11.9 Å². The van der Waals surface area contributed by atoms with Crippen molar-refractivity contribution in [3.8, 4) is 0 Å². The molecule has 2 aromatic rings. The maximum absolute atomic E-state index is 9.94. The van der Waals surface area contributed by atoms with Crippen molar-refractivity contribution in [2.45, 2.75) is 40.2 Å². The Bertz CT molecular complexity index is 556. The summed E-state index contributed by atoms with van der Waals surface area (Å²) < 4.78 is 1.73. The summed E-state index contributed by atoms with van der Waals surface area (Å²) in [5, 5.41) is 17.3. The van der Waals surface area contributed by atoms with E-state index in [0.717, 1.165) is 17.6 Å². The van der Waals surface area contributed by atoms with Crippen molar-refractivity contribution in [3.05, 3.63) is 23.9 Å². The van der Waals surface area contributed by atoms with Gasteiger partial charge in [-0.2, -0.15) is 4.98 Å². The van der Waals surface area contributed by atoms with Gasteiger partial charge in [0.05, 0.1) is 6.10 Å². The number of fused-ring (bicyclic) bond motifs is 1. The van der Waals surface area contributed by atoms with Gasteiger partial charge in [0.1, 0.15) is 0 Å². The number of aliphatic hydroxyl groups is 1. The molecule has 2 aromatic heterocycles. The van der Waals surface area contributed by atoms with Crippen LogP contribution in [0.4, 0.5) is 5.95 Å². The minimum absolute atomic E-state index is 0.116. The average molecular weight is 262 g/mol. The molecule has 1 unspecified atom stereocenters. The van der Waals surface area contributed by atoms with Crippen molar-refractivity contribution in [1.29, 1.82) is 0 Å². The molecule has 2 rings (SSSR count). The van der Waals surface area contributed by atoms with Crippen molar-refractivity contribution in [3.63, 3.8) is 0 Å². The zero-order chi connectivity index (χ0) is 14.0. The molecule has 0 amide bonds. The number of aryl methyl sites for hydroxylation is 1. The molecule has 5 nitrogen and oxygen atoms in total. The molecule has 0 saturated carbocycles. The lowest BCUT2D eigenvalue weighted by Crippen LogP contribution is -2.25. The van der Waals surface area contributed by atoms with E-state index in [2.05, 4.69) is 36.2 Å². The summed E-state index contributed by atoms with van der Waals surface area (Å²) in [6.07, 6.45) is 2.23. The molecule has 0 aromatic carbocycles. The molecule has 0 spiro atoms. The van der Waals surface area contributed by atoms with Gasteiger partial charge in [0.2, 0.25) is 5.95 Å². The SMILES string of the molecule is Cc1ccn2nc(NCC(O)CC(C)(C)C)nc2c1. The van der Waals surface area contributed by atoms with E-state index >= 15 is 0 Å². The Hall–Kier alpha value is -1.62. The van der Waals surface area contributed by atoms with Gasteiger partial charge in [0.15, 0.2) is 5.65 Å². The summed E-state index contributed by atoms with van der Waals surface area (Å²) in [6.45, 7) is 8.83. The van der Waals surface area contributed by atoms with Crippen LogP contribution in [0.15, 0.2) is 18.3 Å². The molecule has 0 bridgehead atoms. The fourth-order valence-corrected chi connectivity index (χ4v) is 2.05. The number of nitrogens with one attached hydrogen (secondary N) is 1. The first kappa shape index (κ1) is 13.8. The van der Waals surface area contributed by atoms with Gasteiger partial charge in [-0.15, -0.1) is 5.10 Å². The van der Waals surface area contributed by atoms with Gasteiger partial charge in [0, 0.05) is 12.7 Å². The van der Waals surface area contributed by atoms with E-state index < -0.39 is 6.10 Å². The van der Waals surface area contributed by atoms with Gasteiger partial charge >= 0.3 is 0 Å². The van der Waals surface area contributed by atoms with Crippen molar-refractivity contribution in [1.82, 2.24) is 14.6 Å². The first-order valence-electron chi connectivity index (χ1n) is 6.58. The molecular weight excluding hydrogens is 240 g/mol. The monoisotopic (exact) mass is 262 g/mol. The van der Waals surface area contributed by atoms with Crippen LogP contribution in [0.1, 0.15) is 32.8 Å². The number of nitrogens with zero attached hydrogens (tertiary/aromatic N) is 3. The Kier molecular flexibility index (Phi) is 3.75. The van der Waals surface area contributed by atoms with Crippen LogP contribution >= 0.6 is 0 Å². The third-order valence-corrected chi connectivity index (χ3v) is 2.84. The fourth-order valence-electron chi connectivity index (χ4n) is 2.05. The highest BCUT2D eigenvalue weighted by Crippen LogP contribution is 2.20. The van der Waals surface area contributed by atoms with Crippen LogP contribution < -0.4 is 5.32 Å². The van der Waals surface area contributed by atoms with E-state index in [9.17, 15) is 5.11 Å². The maximum atomic E-state index is 9.94. The Morgan fingerprint density at radius 2 is 2.16 bits per heavy atom. The summed E-state index contributed by atoms with van der Waals surface area (Å²) >= 11 is 0. The molecule has 0 aliphatic heterocycles. The van der Waals surface area contributed by atoms with E-state index in [1.54, 1.807) is 4.52 Å². The predicted molar refractivity (Wildman–Crippen MR) is 76.3 cm³/mol. The molecule has 0 aliphatic carbocycles. The lowest BCUT2D eigenvalue weighted by Gasteiger charge is -2.22. The smallest absolute Gasteiger partial charge is 0.243 e. The topological polar surface area (TPSA) is 62.5 Å². The van der Waals surface area contributed by atoms with Crippen LogP contribution in [-0.4, -0.2) is 32.4 Å². The Labute approximate surface area is 113 Å². The largest absolute Gasteiger partial charge is 0.391 e. The number of anilines is 1. The second-order valence-corrected chi connectivity index (χ2v) is 6.24. The maximum Gasteiger partial charge on any atom is 0.243 e. The minimum Gasteiger partial charge on any atom is -0.391 e. The molecule has 5 heteroatoms. The second-order valence-electron chi connectivity index (χ2n) is 6.24. The van der Waals surface area contributed by atoms with E-state index in [1.165, 1.54) is 0 Å². The molecule has 0 radical (unpaired) electrons. The number of aliphatic hydroxyl groups excluding tert-OH is 1. The van der Waals surface area contributed by atoms with Crippen molar-refractivity contribution >= 4 is 11.6 Å². The normalized spacial score (nSPS) is 13.7. The average Bonchev–Trinajstić information content (AvgIpc) is 2.66. The number of aromatic nitrogens is 3. The summed E-state index contributed by atoms with van der Waals surface area (Å²) in [5.74, 6) is 0.554. The molecular formula is C14H22N4O. The summed E-state index contributed by atoms with van der Waals surface area (Å²) in [7, 11) is 0. The molecule has 0 fully saturated rings. The molecule has 19 heavy (non-hydrogen) atoms. The van der Waals surface area contributed by atoms with Gasteiger partial charge in [-0.3, -0.25) is 0 Å². The van der Waals surface area contributed by atoms with Gasteiger partial charge < -0.3 is 10.4 Å². The Morgan fingerprint density at radius 1 is 1.42 bits per heavy atom. The number of hydrogen-bond donors (Lipinski definition) is 2. The quantitative estimate of drug-likeness (QED) is 0.887.